The first-order chi connectivity index (χ1) is 4.31. The van der Waals surface area contributed by atoms with E-state index in [4.69, 9.17) is 0 Å². The van der Waals surface area contributed by atoms with Crippen molar-refractivity contribution in [3.05, 3.63) is 0 Å². The maximum atomic E-state index is 12.3. The van der Waals surface area contributed by atoms with E-state index in [0.717, 1.165) is 0 Å². The zero-order chi connectivity index (χ0) is 7.11. The fourth-order valence-electron chi connectivity index (χ4n) is 0.664. The molecule has 0 aromatic carbocycles. The van der Waals surface area contributed by atoms with E-state index in [0.29, 0.717) is 25.7 Å². The third-order valence-electron chi connectivity index (χ3n) is 1.34. The summed E-state index contributed by atoms with van der Waals surface area (Å²) >= 11 is 0. The predicted octanol–water partition coefficient (Wildman–Crippen LogP) is 2.87. The summed E-state index contributed by atoms with van der Waals surface area (Å²) in [7, 11) is 0. The summed E-state index contributed by atoms with van der Waals surface area (Å²) in [4.78, 5) is 0. The Hall–Kier alpha value is -0.140. The molecule has 0 spiro atoms. The summed E-state index contributed by atoms with van der Waals surface area (Å²) in [6.07, 6.45) is 1.58. The lowest BCUT2D eigenvalue weighted by atomic mass is 10.1. The lowest BCUT2D eigenvalue weighted by molar-refractivity contribution is 0.292. The molecule has 56 valence electrons. The maximum absolute atomic E-state index is 12.3. The molecular weight excluding hydrogens is 122 g/mol. The summed E-state index contributed by atoms with van der Waals surface area (Å²) in [5, 5.41) is 0. The van der Waals surface area contributed by atoms with Crippen molar-refractivity contribution in [3.8, 4) is 0 Å². The normalized spacial score (nSPS) is 13.7. The molecule has 0 aliphatic rings. The Labute approximate surface area is 55.3 Å². The maximum Gasteiger partial charge on any atom is 0.0999 e. The van der Waals surface area contributed by atoms with Gasteiger partial charge in [-0.1, -0.05) is 6.92 Å². The first kappa shape index (κ1) is 8.86. The van der Waals surface area contributed by atoms with Gasteiger partial charge in [0.05, 0.1) is 12.8 Å². The second-order valence-electron chi connectivity index (χ2n) is 2.19. The van der Waals surface area contributed by atoms with Crippen LogP contribution in [0.25, 0.3) is 0 Å². The fraction of sp³-hybridized carbons (Fsp3) is 1.00. The Morgan fingerprint density at radius 2 is 2.00 bits per heavy atom. The van der Waals surface area contributed by atoms with Gasteiger partial charge in [0.25, 0.3) is 0 Å². The van der Waals surface area contributed by atoms with Crippen LogP contribution < -0.4 is 0 Å². The van der Waals surface area contributed by atoms with Crippen LogP contribution >= 0.6 is 0 Å². The van der Waals surface area contributed by atoms with Gasteiger partial charge in [-0.15, -0.1) is 0 Å². The van der Waals surface area contributed by atoms with Crippen LogP contribution in [0.5, 0.6) is 0 Å². The Morgan fingerprint density at radius 1 is 1.33 bits per heavy atom. The van der Waals surface area contributed by atoms with E-state index < -0.39 is 6.17 Å². The van der Waals surface area contributed by atoms with Gasteiger partial charge in [-0.3, -0.25) is 4.39 Å². The fourth-order valence-corrected chi connectivity index (χ4v) is 0.664. The Balaban J connectivity index is 2.88. The van der Waals surface area contributed by atoms with Gasteiger partial charge < -0.3 is 0 Å². The van der Waals surface area contributed by atoms with E-state index in [9.17, 15) is 8.78 Å². The minimum absolute atomic E-state index is 0.309. The summed E-state index contributed by atoms with van der Waals surface area (Å²) in [5.74, 6) is 0. The van der Waals surface area contributed by atoms with Gasteiger partial charge >= 0.3 is 0 Å². The van der Waals surface area contributed by atoms with Gasteiger partial charge in [0.2, 0.25) is 0 Å². The van der Waals surface area contributed by atoms with Crippen LogP contribution in [0.3, 0.4) is 0 Å². The quantitative estimate of drug-likeness (QED) is 0.510. The molecule has 9 heavy (non-hydrogen) atoms. The number of unbranched alkanes of at least 4 members (excludes halogenated alkanes) is 1. The zero-order valence-corrected chi connectivity index (χ0v) is 5.87. The number of hydrogen-bond donors (Lipinski definition) is 0. The molecule has 0 heterocycles. The van der Waals surface area contributed by atoms with E-state index in [1.807, 2.05) is 0 Å². The van der Waals surface area contributed by atoms with E-state index in [1.165, 1.54) is 0 Å². The smallest absolute Gasteiger partial charge is 0.0999 e. The van der Waals surface area contributed by atoms with Crippen molar-refractivity contribution in [2.24, 2.45) is 0 Å². The average molecular weight is 136 g/mol. The lowest BCUT2D eigenvalue weighted by Gasteiger charge is -2.01. The van der Waals surface area contributed by atoms with Crippen LogP contribution in [-0.4, -0.2) is 12.8 Å². The van der Waals surface area contributed by atoms with E-state index >= 15 is 0 Å². The Morgan fingerprint density at radius 3 is 2.44 bits per heavy atom. The monoisotopic (exact) mass is 136 g/mol. The molecule has 0 aromatic rings. The van der Waals surface area contributed by atoms with E-state index in [-0.39, 0.29) is 6.67 Å². The van der Waals surface area contributed by atoms with E-state index in [2.05, 4.69) is 0 Å². The molecule has 0 rings (SSSR count). The van der Waals surface area contributed by atoms with Gasteiger partial charge in [0.15, 0.2) is 0 Å². The number of hydrogen-bond acceptors (Lipinski definition) is 0. The molecule has 0 amide bonds. The number of alkyl halides is 2. The second kappa shape index (κ2) is 5.99. The molecule has 1 atom stereocenters. The minimum Gasteiger partial charge on any atom is -0.251 e. The molecule has 2 heteroatoms. The van der Waals surface area contributed by atoms with Crippen LogP contribution in [0.4, 0.5) is 8.78 Å². The molecule has 0 fully saturated rings. The summed E-state index contributed by atoms with van der Waals surface area (Å²) < 4.78 is 23.8. The van der Waals surface area contributed by atoms with Crippen LogP contribution in [0, 0.1) is 0 Å². The van der Waals surface area contributed by atoms with Crippen LogP contribution in [0.15, 0.2) is 0 Å². The first-order valence-corrected chi connectivity index (χ1v) is 3.51. The third-order valence-corrected chi connectivity index (χ3v) is 1.34. The van der Waals surface area contributed by atoms with Gasteiger partial charge in [0.1, 0.15) is 0 Å². The molecule has 0 radical (unpaired) electrons. The highest BCUT2D eigenvalue weighted by Crippen LogP contribution is 2.07. The largest absolute Gasteiger partial charge is 0.251 e. The molecule has 1 unspecified atom stereocenters. The summed E-state index contributed by atoms with van der Waals surface area (Å²) in [6.45, 7) is 1.50. The minimum atomic E-state index is -0.712. The van der Waals surface area contributed by atoms with Crippen molar-refractivity contribution < 1.29 is 8.78 Å². The van der Waals surface area contributed by atoms with Gasteiger partial charge in [-0.05, 0) is 25.7 Å². The number of rotatable bonds is 5. The SMILES string of the molecule is CCC(F)CCCCF. The highest BCUT2D eigenvalue weighted by atomic mass is 19.1. The summed E-state index contributed by atoms with van der Waals surface area (Å²) in [5.41, 5.74) is 0. The molecule has 0 N–H and O–H groups in total. The van der Waals surface area contributed by atoms with Gasteiger partial charge in [-0.25, -0.2) is 4.39 Å². The van der Waals surface area contributed by atoms with Crippen molar-refractivity contribution in [2.75, 3.05) is 6.67 Å². The van der Waals surface area contributed by atoms with Crippen LogP contribution in [0.2, 0.25) is 0 Å². The highest BCUT2D eigenvalue weighted by molar-refractivity contribution is 4.52. The van der Waals surface area contributed by atoms with Crippen molar-refractivity contribution in [1.82, 2.24) is 0 Å². The topological polar surface area (TPSA) is 0 Å². The molecular formula is C7H14F2. The van der Waals surface area contributed by atoms with Crippen molar-refractivity contribution in [3.63, 3.8) is 0 Å². The molecule has 0 aromatic heterocycles. The Kier molecular flexibility index (Phi) is 5.89. The van der Waals surface area contributed by atoms with Crippen molar-refractivity contribution in [1.29, 1.82) is 0 Å². The predicted molar refractivity (Wildman–Crippen MR) is 35.0 cm³/mol. The number of halogens is 2. The molecule has 0 bridgehead atoms. The molecule has 0 saturated carbocycles. The summed E-state index contributed by atoms with van der Waals surface area (Å²) in [6, 6.07) is 0. The first-order valence-electron chi connectivity index (χ1n) is 3.51. The van der Waals surface area contributed by atoms with Crippen molar-refractivity contribution in [2.45, 2.75) is 38.8 Å². The zero-order valence-electron chi connectivity index (χ0n) is 5.87. The van der Waals surface area contributed by atoms with Gasteiger partial charge in [0, 0.05) is 0 Å². The molecule has 0 aliphatic heterocycles. The van der Waals surface area contributed by atoms with Gasteiger partial charge in [-0.2, -0.15) is 0 Å². The standard InChI is InChI=1S/C7H14F2/c1-2-7(9)5-3-4-6-8/h7H,2-6H2,1H3. The second-order valence-corrected chi connectivity index (χ2v) is 2.19. The molecule has 0 aliphatic carbocycles. The lowest BCUT2D eigenvalue weighted by Crippen LogP contribution is -1.96. The molecule has 0 nitrogen and oxygen atoms in total. The van der Waals surface area contributed by atoms with Crippen molar-refractivity contribution >= 4 is 0 Å². The highest BCUT2D eigenvalue weighted by Gasteiger charge is 2.00. The van der Waals surface area contributed by atoms with Crippen LogP contribution in [0.1, 0.15) is 32.6 Å². The average Bonchev–Trinajstić information content (AvgIpc) is 1.89. The molecule has 0 saturated heterocycles. The van der Waals surface area contributed by atoms with Crippen LogP contribution in [-0.2, 0) is 0 Å². The third kappa shape index (κ3) is 5.74. The Bertz CT molecular complexity index is 54.9. The van der Waals surface area contributed by atoms with E-state index in [1.54, 1.807) is 6.92 Å².